The average molecular weight is 285 g/mol. The summed E-state index contributed by atoms with van der Waals surface area (Å²) in [6, 6.07) is 6.44. The number of hydrogen-bond acceptors (Lipinski definition) is 4. The highest BCUT2D eigenvalue weighted by Crippen LogP contribution is 2.24. The zero-order chi connectivity index (χ0) is 13.9. The van der Waals surface area contributed by atoms with Crippen molar-refractivity contribution in [2.75, 3.05) is 19.8 Å². The summed E-state index contributed by atoms with van der Waals surface area (Å²) < 4.78 is 32.2. The molecule has 1 fully saturated rings. The van der Waals surface area contributed by atoms with Gasteiger partial charge in [0.05, 0.1) is 24.7 Å². The molecule has 1 aliphatic rings. The maximum atomic E-state index is 12.7. The number of aliphatic hydroxyl groups is 1. The number of nitrogens with zero attached hydrogens (tertiary/aromatic N) is 1. The molecule has 1 unspecified atom stereocenters. The summed E-state index contributed by atoms with van der Waals surface area (Å²) in [5, 5.41) is 9.30. The van der Waals surface area contributed by atoms with E-state index in [1.165, 1.54) is 4.31 Å². The summed E-state index contributed by atoms with van der Waals surface area (Å²) in [5.41, 5.74) is 0.434. The molecule has 1 N–H and O–H groups in total. The first-order valence-electron chi connectivity index (χ1n) is 6.39. The largest absolute Gasteiger partial charge is 0.392 e. The molecule has 0 amide bonds. The van der Waals surface area contributed by atoms with Gasteiger partial charge in [-0.25, -0.2) is 8.42 Å². The molecule has 1 saturated heterocycles. The molecule has 0 aromatic heterocycles. The van der Waals surface area contributed by atoms with Gasteiger partial charge in [-0.3, -0.25) is 0 Å². The van der Waals surface area contributed by atoms with Gasteiger partial charge in [0.25, 0.3) is 0 Å². The quantitative estimate of drug-likeness (QED) is 0.895. The van der Waals surface area contributed by atoms with Crippen LogP contribution < -0.4 is 0 Å². The first-order chi connectivity index (χ1) is 9.11. The van der Waals surface area contributed by atoms with E-state index in [0.29, 0.717) is 31.7 Å². The van der Waals surface area contributed by atoms with Crippen LogP contribution in [0, 0.1) is 0 Å². The van der Waals surface area contributed by atoms with Gasteiger partial charge < -0.3 is 9.84 Å². The lowest BCUT2D eigenvalue weighted by Crippen LogP contribution is -2.48. The van der Waals surface area contributed by atoms with E-state index in [-0.39, 0.29) is 17.5 Å². The minimum absolute atomic E-state index is 0.134. The van der Waals surface area contributed by atoms with E-state index >= 15 is 0 Å². The van der Waals surface area contributed by atoms with Crippen LogP contribution in [0.25, 0.3) is 0 Å². The van der Waals surface area contributed by atoms with Gasteiger partial charge in [0.15, 0.2) is 0 Å². The van der Waals surface area contributed by atoms with E-state index in [1.54, 1.807) is 24.3 Å². The zero-order valence-corrected chi connectivity index (χ0v) is 11.8. The van der Waals surface area contributed by atoms with Crippen LogP contribution in [-0.4, -0.2) is 43.6 Å². The molecule has 6 heteroatoms. The fourth-order valence-corrected chi connectivity index (χ4v) is 4.17. The molecule has 1 heterocycles. The van der Waals surface area contributed by atoms with E-state index in [4.69, 9.17) is 4.74 Å². The van der Waals surface area contributed by atoms with Crippen molar-refractivity contribution in [1.29, 1.82) is 0 Å². The summed E-state index contributed by atoms with van der Waals surface area (Å²) in [6.07, 6.45) is 0.709. The average Bonchev–Trinajstić information content (AvgIpc) is 2.47. The van der Waals surface area contributed by atoms with Crippen LogP contribution in [0.2, 0.25) is 0 Å². The third-order valence-electron chi connectivity index (χ3n) is 3.37. The second kappa shape index (κ2) is 6.00. The zero-order valence-electron chi connectivity index (χ0n) is 10.9. The van der Waals surface area contributed by atoms with Crippen molar-refractivity contribution in [3.05, 3.63) is 29.8 Å². The molecule has 0 spiro atoms. The second-order valence-electron chi connectivity index (χ2n) is 4.52. The molecule has 0 radical (unpaired) electrons. The van der Waals surface area contributed by atoms with Gasteiger partial charge in [-0.1, -0.05) is 25.1 Å². The summed E-state index contributed by atoms with van der Waals surface area (Å²) in [6.45, 7) is 2.87. The molecule has 1 atom stereocenters. The number of rotatable bonds is 4. The van der Waals surface area contributed by atoms with E-state index in [9.17, 15) is 13.5 Å². The highest BCUT2D eigenvalue weighted by Gasteiger charge is 2.34. The third-order valence-corrected chi connectivity index (χ3v) is 5.43. The fourth-order valence-electron chi connectivity index (χ4n) is 2.29. The van der Waals surface area contributed by atoms with Crippen molar-refractivity contribution >= 4 is 10.0 Å². The number of hydrogen-bond donors (Lipinski definition) is 1. The van der Waals surface area contributed by atoms with Gasteiger partial charge in [0, 0.05) is 12.6 Å². The number of benzene rings is 1. The highest BCUT2D eigenvalue weighted by molar-refractivity contribution is 7.89. The molecule has 5 nitrogen and oxygen atoms in total. The molecule has 1 aromatic carbocycles. The fraction of sp³-hybridized carbons (Fsp3) is 0.538. The standard InChI is InChI=1S/C13H19NO4S/c1-2-12-10-18-8-7-14(12)19(16,17)13-6-4-3-5-11(13)9-15/h3-6,12,15H,2,7-10H2,1H3. The van der Waals surface area contributed by atoms with Gasteiger partial charge in [-0.05, 0) is 18.1 Å². The van der Waals surface area contributed by atoms with Gasteiger partial charge >= 0.3 is 0 Å². The summed E-state index contributed by atoms with van der Waals surface area (Å²) in [4.78, 5) is 0.192. The SMILES string of the molecule is CCC1COCCN1S(=O)(=O)c1ccccc1CO. The Balaban J connectivity index is 2.40. The van der Waals surface area contributed by atoms with Crippen molar-refractivity contribution in [3.8, 4) is 0 Å². The Morgan fingerprint density at radius 1 is 1.42 bits per heavy atom. The van der Waals surface area contributed by atoms with Gasteiger partial charge in [0.1, 0.15) is 0 Å². The third kappa shape index (κ3) is 2.81. The lowest BCUT2D eigenvalue weighted by Gasteiger charge is -2.34. The smallest absolute Gasteiger partial charge is 0.243 e. The predicted molar refractivity (Wildman–Crippen MR) is 71.2 cm³/mol. The lowest BCUT2D eigenvalue weighted by atomic mass is 10.2. The molecule has 1 aliphatic heterocycles. The van der Waals surface area contributed by atoms with Crippen LogP contribution in [0.15, 0.2) is 29.2 Å². The first kappa shape index (κ1) is 14.5. The summed E-state index contributed by atoms with van der Waals surface area (Å²) >= 11 is 0. The van der Waals surface area contributed by atoms with Gasteiger partial charge in [-0.2, -0.15) is 4.31 Å². The molecule has 2 rings (SSSR count). The van der Waals surface area contributed by atoms with Gasteiger partial charge in [-0.15, -0.1) is 0 Å². The van der Waals surface area contributed by atoms with E-state index < -0.39 is 10.0 Å². The number of aliphatic hydroxyl groups excluding tert-OH is 1. The van der Waals surface area contributed by atoms with Crippen LogP contribution in [0.3, 0.4) is 0 Å². The Hall–Kier alpha value is -0.950. The van der Waals surface area contributed by atoms with Gasteiger partial charge in [0.2, 0.25) is 10.0 Å². The Bertz CT molecular complexity index is 529. The molecular weight excluding hydrogens is 266 g/mol. The molecule has 19 heavy (non-hydrogen) atoms. The van der Waals surface area contributed by atoms with Crippen molar-refractivity contribution in [2.45, 2.75) is 30.9 Å². The summed E-state index contributed by atoms with van der Waals surface area (Å²) in [7, 11) is -3.57. The Morgan fingerprint density at radius 2 is 2.16 bits per heavy atom. The van der Waals surface area contributed by atoms with Crippen LogP contribution in [0.4, 0.5) is 0 Å². The van der Waals surface area contributed by atoms with Crippen LogP contribution in [0.5, 0.6) is 0 Å². The van der Waals surface area contributed by atoms with E-state index in [2.05, 4.69) is 0 Å². The minimum atomic E-state index is -3.57. The molecule has 0 bridgehead atoms. The lowest BCUT2D eigenvalue weighted by molar-refractivity contribution is 0.0314. The second-order valence-corrected chi connectivity index (χ2v) is 6.38. The Labute approximate surface area is 113 Å². The number of sulfonamides is 1. The normalized spacial score (nSPS) is 21.5. The molecule has 0 aliphatic carbocycles. The molecule has 1 aromatic rings. The van der Waals surface area contributed by atoms with Crippen molar-refractivity contribution in [3.63, 3.8) is 0 Å². The molecular formula is C13H19NO4S. The molecule has 106 valence electrons. The van der Waals surface area contributed by atoms with E-state index in [1.807, 2.05) is 6.92 Å². The predicted octanol–water partition coefficient (Wildman–Crippen LogP) is 0.978. The Morgan fingerprint density at radius 3 is 2.84 bits per heavy atom. The van der Waals surface area contributed by atoms with E-state index in [0.717, 1.165) is 0 Å². The monoisotopic (exact) mass is 285 g/mol. The number of morpholine rings is 1. The minimum Gasteiger partial charge on any atom is -0.392 e. The van der Waals surface area contributed by atoms with Crippen molar-refractivity contribution in [2.24, 2.45) is 0 Å². The maximum Gasteiger partial charge on any atom is 0.243 e. The van der Waals surface area contributed by atoms with Crippen molar-refractivity contribution < 1.29 is 18.3 Å². The highest BCUT2D eigenvalue weighted by atomic mass is 32.2. The summed E-state index contributed by atoms with van der Waals surface area (Å²) in [5.74, 6) is 0. The molecule has 0 saturated carbocycles. The van der Waals surface area contributed by atoms with Crippen LogP contribution in [-0.2, 0) is 21.4 Å². The maximum absolute atomic E-state index is 12.7. The topological polar surface area (TPSA) is 66.8 Å². The Kier molecular flexibility index (Phi) is 4.57. The van der Waals surface area contributed by atoms with Crippen LogP contribution in [0.1, 0.15) is 18.9 Å². The van der Waals surface area contributed by atoms with Crippen LogP contribution >= 0.6 is 0 Å². The first-order valence-corrected chi connectivity index (χ1v) is 7.83. The van der Waals surface area contributed by atoms with Crippen molar-refractivity contribution in [1.82, 2.24) is 4.31 Å². The number of ether oxygens (including phenoxy) is 1.